The molecule has 0 aromatic carbocycles. The van der Waals surface area contributed by atoms with Crippen molar-refractivity contribution in [2.24, 2.45) is 0 Å². The third-order valence-electron chi connectivity index (χ3n) is 0. The van der Waals surface area contributed by atoms with E-state index in [1.54, 1.807) is 0 Å². The van der Waals surface area contributed by atoms with Crippen molar-refractivity contribution in [3.05, 3.63) is 0 Å². The first-order valence-corrected chi connectivity index (χ1v) is 0. The van der Waals surface area contributed by atoms with E-state index in [1.807, 2.05) is 0 Å². The second-order valence-corrected chi connectivity index (χ2v) is 0. The van der Waals surface area contributed by atoms with Crippen LogP contribution in [0, 0.1) is 0 Å². The van der Waals surface area contributed by atoms with Crippen LogP contribution in [-0.2, 0) is 36.9 Å². The van der Waals surface area contributed by atoms with E-state index in [9.17, 15) is 0 Å². The van der Waals surface area contributed by atoms with Gasteiger partial charge in [-0.3, -0.25) is 0 Å². The zero-order valence-electron chi connectivity index (χ0n) is 1.90. The van der Waals surface area contributed by atoms with Gasteiger partial charge in [-0.2, -0.15) is 9.90 Å². The molecule has 5 radical (unpaired) electrons. The van der Waals surface area contributed by atoms with Crippen LogP contribution < -0.4 is 0 Å². The third kappa shape index (κ3) is 8.83. The maximum Gasteiger partial charge on any atom is 0 e. The zero-order chi connectivity index (χ0) is 0. The fraction of sp³-hybridized carbons (Fsp3) is 0. The average molecular weight is 398 g/mol. The first kappa shape index (κ1) is 32.6. The van der Waals surface area contributed by atoms with Crippen LogP contribution in [0.5, 0.6) is 0 Å². The Morgan fingerprint density at radius 3 is 1.00 bits per heavy atom. The maximum absolute atomic E-state index is 0. The van der Waals surface area contributed by atoms with Gasteiger partial charge >= 0.3 is 0 Å². The minimum atomic E-state index is 0. The molecule has 0 fully saturated rings. The molecule has 0 N–H and O–H groups in total. The predicted octanol–water partition coefficient (Wildman–Crippen LogP) is -0.328. The van der Waals surface area contributed by atoms with Crippen molar-refractivity contribution in [1.82, 2.24) is 0 Å². The second kappa shape index (κ2) is 18.2. The van der Waals surface area contributed by atoms with Crippen LogP contribution in [0.3, 0.4) is 0 Å². The molecule has 1 atom stereocenters. The molecule has 0 rings (SSSR count). The number of hydrogen-bond acceptors (Lipinski definition) is 0. The van der Waals surface area contributed by atoms with Crippen LogP contribution >= 0.6 is 9.90 Å². The first-order chi connectivity index (χ1) is 0. The summed E-state index contributed by atoms with van der Waals surface area (Å²) in [5.41, 5.74) is 0. The minimum absolute atomic E-state index is 0. The van der Waals surface area contributed by atoms with Gasteiger partial charge in [-0.1, -0.05) is 0 Å². The van der Waals surface area contributed by atoms with Gasteiger partial charge in [0.15, 0.2) is 0 Å². The minimum Gasteiger partial charge on any atom is -0.153 e. The Morgan fingerprint density at radius 2 is 1.00 bits per heavy atom. The normalized spacial score (nSPS) is 0. The topological polar surface area (TPSA) is 0 Å². The summed E-state index contributed by atoms with van der Waals surface area (Å²) in [5, 5.41) is 0. The van der Waals surface area contributed by atoms with Gasteiger partial charge in [-0.05, 0) is 0 Å². The molecule has 0 heterocycles. The van der Waals surface area contributed by atoms with Gasteiger partial charge in [0.25, 0.3) is 0 Å². The van der Waals surface area contributed by atoms with Gasteiger partial charge in [-0.25, -0.2) is 0 Å². The molecular weight excluding hydrogens is 395 g/mol. The molecule has 0 nitrogen and oxygen atoms in total. The average Bonchev–Trinajstić information content (AvgIpc) is 0. The summed E-state index contributed by atoms with van der Waals surface area (Å²) < 4.78 is 0. The Balaban J connectivity index is 0. The monoisotopic (exact) mass is 399 g/mol. The molecule has 1 unspecified atom stereocenters. The van der Waals surface area contributed by atoms with E-state index in [4.69, 9.17) is 0 Å². The fourth-order valence-corrected chi connectivity index (χ4v) is 0. The summed E-state index contributed by atoms with van der Waals surface area (Å²) >= 11 is 0. The summed E-state index contributed by atoms with van der Waals surface area (Å²) in [6.07, 6.45) is 0. The molecule has 4 heavy (non-hydrogen) atoms. The molecule has 0 aromatic rings. The van der Waals surface area contributed by atoms with Crippen LogP contribution in [0.25, 0.3) is 0 Å². The van der Waals surface area contributed by atoms with E-state index in [0.29, 0.717) is 0 Å². The molecule has 0 saturated carbocycles. The number of rotatable bonds is 0. The van der Waals surface area contributed by atoms with Crippen LogP contribution in [0.1, 0.15) is 0 Å². The molecule has 0 saturated heterocycles. The summed E-state index contributed by atoms with van der Waals surface area (Å²) in [6, 6.07) is 0. The van der Waals surface area contributed by atoms with Crippen molar-refractivity contribution >= 4 is 33.8 Å². The van der Waals surface area contributed by atoms with Crippen LogP contribution in [0.4, 0.5) is 0 Å². The Morgan fingerprint density at radius 1 is 1.00 bits per heavy atom. The second-order valence-electron chi connectivity index (χ2n) is 0. The standard InChI is InChI=1S/Ni.H3P.Re.Sn/h;1H3;;. The third-order valence-corrected chi connectivity index (χ3v) is 0. The van der Waals surface area contributed by atoms with Crippen LogP contribution in [0.15, 0.2) is 0 Å². The molecule has 0 aliphatic heterocycles. The van der Waals surface area contributed by atoms with E-state index >= 15 is 0 Å². The van der Waals surface area contributed by atoms with Crippen LogP contribution in [0.2, 0.25) is 0 Å². The van der Waals surface area contributed by atoms with E-state index in [2.05, 4.69) is 0 Å². The molecule has 4 heteroatoms. The smallest absolute Gasteiger partial charge is 0 e. The summed E-state index contributed by atoms with van der Waals surface area (Å²) in [6.45, 7) is 0. The first-order valence-electron chi connectivity index (χ1n) is 0. The largest absolute Gasteiger partial charge is 0.153 e. The molecule has 29 valence electrons. The van der Waals surface area contributed by atoms with Crippen molar-refractivity contribution in [3.63, 3.8) is 0 Å². The van der Waals surface area contributed by atoms with E-state index < -0.39 is 0 Å². The molecule has 0 bridgehead atoms. The SMILES string of the molecule is P.[Ni].[Re].[Sn]. The van der Waals surface area contributed by atoms with Gasteiger partial charge in [0.1, 0.15) is 0 Å². The molecular formula is H3NiPReSn. The summed E-state index contributed by atoms with van der Waals surface area (Å²) in [4.78, 5) is 0. The Hall–Kier alpha value is 2.38. The van der Waals surface area contributed by atoms with Crippen LogP contribution in [-0.4, -0.2) is 23.9 Å². The van der Waals surface area contributed by atoms with Gasteiger partial charge in [0, 0.05) is 60.8 Å². The summed E-state index contributed by atoms with van der Waals surface area (Å²) in [5.74, 6) is 0. The van der Waals surface area contributed by atoms with Crippen molar-refractivity contribution in [2.45, 2.75) is 0 Å². The molecule has 0 aromatic heterocycles. The Labute approximate surface area is 70.0 Å². The Kier molecular flexibility index (Phi) is 148. The number of hydrogen-bond donors (Lipinski definition) is 0. The fourth-order valence-electron chi connectivity index (χ4n) is 0. The van der Waals surface area contributed by atoms with Crippen molar-refractivity contribution in [2.75, 3.05) is 0 Å². The van der Waals surface area contributed by atoms with Crippen molar-refractivity contribution in [3.8, 4) is 0 Å². The quantitative estimate of drug-likeness (QED) is 0.388. The predicted molar refractivity (Wildman–Crippen MR) is 16.9 cm³/mol. The van der Waals surface area contributed by atoms with Crippen molar-refractivity contribution in [1.29, 1.82) is 0 Å². The molecule has 0 amide bonds. The van der Waals surface area contributed by atoms with E-state index in [0.717, 1.165) is 0 Å². The Bertz CT molecular complexity index is 8.00. The molecule has 0 spiro atoms. The van der Waals surface area contributed by atoms with Gasteiger partial charge < -0.3 is 0 Å². The van der Waals surface area contributed by atoms with Gasteiger partial charge in [-0.15, -0.1) is 0 Å². The maximum atomic E-state index is 0. The summed E-state index contributed by atoms with van der Waals surface area (Å²) in [7, 11) is 0. The van der Waals surface area contributed by atoms with Crippen molar-refractivity contribution < 1.29 is 36.9 Å². The van der Waals surface area contributed by atoms with E-state index in [-0.39, 0.29) is 70.7 Å². The molecule has 0 aliphatic rings. The van der Waals surface area contributed by atoms with Gasteiger partial charge in [0.05, 0.1) is 0 Å². The molecule has 0 aliphatic carbocycles. The van der Waals surface area contributed by atoms with E-state index in [1.165, 1.54) is 0 Å². The zero-order valence-corrected chi connectivity index (χ0v) is 9.87. The van der Waals surface area contributed by atoms with Gasteiger partial charge in [0.2, 0.25) is 0 Å².